The molecule has 31 heavy (non-hydrogen) atoms. The molecule has 1 N–H and O–H groups in total. The summed E-state index contributed by atoms with van der Waals surface area (Å²) >= 11 is 0. The molecular weight excluding hydrogens is 432 g/mol. The van der Waals surface area contributed by atoms with Gasteiger partial charge in [0.2, 0.25) is 16.6 Å². The molecule has 0 radical (unpaired) electrons. The van der Waals surface area contributed by atoms with Gasteiger partial charge >= 0.3 is 0 Å². The summed E-state index contributed by atoms with van der Waals surface area (Å²) in [6, 6.07) is 4.31. The monoisotopic (exact) mass is 455 g/mol. The highest BCUT2D eigenvalue weighted by Crippen LogP contribution is 2.47. The Morgan fingerprint density at radius 1 is 1.29 bits per heavy atom. The quantitative estimate of drug-likeness (QED) is 0.462. The lowest BCUT2D eigenvalue weighted by molar-refractivity contribution is -0.481. The van der Waals surface area contributed by atoms with Gasteiger partial charge in [-0.1, -0.05) is 19.1 Å². The zero-order valence-corrected chi connectivity index (χ0v) is 18.0. The van der Waals surface area contributed by atoms with Gasteiger partial charge < -0.3 is 4.57 Å². The van der Waals surface area contributed by atoms with Gasteiger partial charge in [-0.25, -0.2) is 17.2 Å². The first-order valence-corrected chi connectivity index (χ1v) is 11.3. The predicted molar refractivity (Wildman–Crippen MR) is 111 cm³/mol. The number of halogens is 2. The van der Waals surface area contributed by atoms with E-state index in [1.54, 1.807) is 19.9 Å². The summed E-state index contributed by atoms with van der Waals surface area (Å²) in [6.07, 6.45) is 1.95. The molecule has 1 aliphatic rings. The molecular formula is C20H23F2N3O5S. The molecule has 11 heteroatoms. The molecule has 2 aromatic rings. The largest absolute Gasteiger partial charge is 0.304 e. The molecule has 0 atom stereocenters. The summed E-state index contributed by atoms with van der Waals surface area (Å²) in [7, 11) is -3.92. The summed E-state index contributed by atoms with van der Waals surface area (Å²) < 4.78 is 57.4. The number of anilines is 1. The Morgan fingerprint density at radius 2 is 1.97 bits per heavy atom. The molecule has 1 fully saturated rings. The van der Waals surface area contributed by atoms with Crippen LogP contribution in [0.5, 0.6) is 0 Å². The molecule has 8 nitrogen and oxygen atoms in total. The number of hydrogen-bond acceptors (Lipinski definition) is 5. The number of sulfonamides is 1. The molecule has 0 bridgehead atoms. The van der Waals surface area contributed by atoms with Crippen molar-refractivity contribution in [3.8, 4) is 0 Å². The molecule has 3 rings (SSSR count). The van der Waals surface area contributed by atoms with Crippen LogP contribution in [0.2, 0.25) is 0 Å². The number of nitrogens with one attached hydrogen (secondary N) is 1. The number of pyridine rings is 1. The summed E-state index contributed by atoms with van der Waals surface area (Å²) in [4.78, 5) is 22.4. The van der Waals surface area contributed by atoms with Crippen molar-refractivity contribution in [3.63, 3.8) is 0 Å². The van der Waals surface area contributed by atoms with Crippen molar-refractivity contribution in [3.05, 3.63) is 73.2 Å². The number of benzene rings is 1. The van der Waals surface area contributed by atoms with Crippen LogP contribution in [0.25, 0.3) is 0 Å². The van der Waals surface area contributed by atoms with Gasteiger partial charge in [-0.3, -0.25) is 19.6 Å². The van der Waals surface area contributed by atoms with E-state index in [1.165, 1.54) is 12.1 Å². The minimum Gasteiger partial charge on any atom is -0.304 e. The number of nitro groups is 1. The van der Waals surface area contributed by atoms with Gasteiger partial charge in [0.05, 0.1) is 17.0 Å². The summed E-state index contributed by atoms with van der Waals surface area (Å²) in [5, 5.41) is 10.7. The lowest BCUT2D eigenvalue weighted by Crippen LogP contribution is -2.32. The fourth-order valence-electron chi connectivity index (χ4n) is 3.47. The molecule has 0 aliphatic heterocycles. The Hall–Kier alpha value is -2.82. The fraction of sp³-hybridized carbons (Fsp3) is 0.450. The Labute approximate surface area is 178 Å². The minimum atomic E-state index is -3.92. The highest BCUT2D eigenvalue weighted by molar-refractivity contribution is 7.94. The van der Waals surface area contributed by atoms with Crippen LogP contribution in [0.4, 0.5) is 14.5 Å². The normalized spacial score (nSPS) is 15.0. The highest BCUT2D eigenvalue weighted by atomic mass is 32.2. The third-order valence-corrected chi connectivity index (χ3v) is 8.01. The van der Waals surface area contributed by atoms with Gasteiger partial charge in [0.25, 0.3) is 5.56 Å². The van der Waals surface area contributed by atoms with Gasteiger partial charge in [-0.2, -0.15) is 0 Å². The second kappa shape index (κ2) is 8.37. The smallest absolute Gasteiger partial charge is 0.287 e. The highest BCUT2D eigenvalue weighted by Gasteiger charge is 2.53. The standard InChI is InChI=1S/C20H23F2N3O5S/c1-3-20(6-7-20)31(29,30)23-17-12-24(8-9-25(27)28)19(26)18(22)15(17)11-14-5-4-13(2)10-16(14)21/h4-5,10,12,23H,3,6-9,11H2,1-2H3. The van der Waals surface area contributed by atoms with E-state index in [1.807, 2.05) is 0 Å². The van der Waals surface area contributed by atoms with Crippen molar-refractivity contribution in [2.45, 2.75) is 50.8 Å². The zero-order valence-electron chi connectivity index (χ0n) is 17.2. The molecule has 1 aromatic heterocycles. The first kappa shape index (κ1) is 22.9. The van der Waals surface area contributed by atoms with Gasteiger partial charge in [-0.15, -0.1) is 0 Å². The van der Waals surface area contributed by atoms with E-state index >= 15 is 4.39 Å². The molecule has 1 aliphatic carbocycles. The van der Waals surface area contributed by atoms with E-state index in [4.69, 9.17) is 0 Å². The van der Waals surface area contributed by atoms with Gasteiger partial charge in [0.15, 0.2) is 5.82 Å². The molecule has 0 saturated heterocycles. The van der Waals surface area contributed by atoms with Crippen LogP contribution in [0.15, 0.2) is 29.2 Å². The van der Waals surface area contributed by atoms with E-state index in [0.29, 0.717) is 24.8 Å². The van der Waals surface area contributed by atoms with Crippen LogP contribution in [0, 0.1) is 28.7 Å². The molecule has 168 valence electrons. The van der Waals surface area contributed by atoms with Crippen molar-refractivity contribution < 1.29 is 22.1 Å². The van der Waals surface area contributed by atoms with Crippen LogP contribution >= 0.6 is 0 Å². The Kier molecular flexibility index (Phi) is 6.17. The van der Waals surface area contributed by atoms with Crippen molar-refractivity contribution >= 4 is 15.7 Å². The van der Waals surface area contributed by atoms with Crippen molar-refractivity contribution in [2.24, 2.45) is 0 Å². The Bertz CT molecular complexity index is 1190. The van der Waals surface area contributed by atoms with Crippen LogP contribution in [-0.4, -0.2) is 29.2 Å². The molecule has 0 amide bonds. The van der Waals surface area contributed by atoms with Crippen molar-refractivity contribution in [1.82, 2.24) is 4.57 Å². The summed E-state index contributed by atoms with van der Waals surface area (Å²) in [5.41, 5.74) is -0.926. The van der Waals surface area contributed by atoms with E-state index in [9.17, 15) is 27.7 Å². The summed E-state index contributed by atoms with van der Waals surface area (Å²) in [6.45, 7) is 2.34. The SMILES string of the molecule is CCC1(S(=O)(=O)Nc2cn(CC[N+](=O)[O-])c(=O)c(F)c2Cc2ccc(C)cc2F)CC1. The lowest BCUT2D eigenvalue weighted by atomic mass is 10.0. The average molecular weight is 455 g/mol. The number of aromatic nitrogens is 1. The maximum Gasteiger partial charge on any atom is 0.287 e. The van der Waals surface area contributed by atoms with E-state index in [2.05, 4.69) is 4.72 Å². The van der Waals surface area contributed by atoms with Crippen LogP contribution in [-0.2, 0) is 23.0 Å². The fourth-order valence-corrected chi connectivity index (χ4v) is 5.17. The van der Waals surface area contributed by atoms with E-state index in [0.717, 1.165) is 10.8 Å². The third-order valence-electron chi connectivity index (χ3n) is 5.69. The number of hydrogen-bond donors (Lipinski definition) is 1. The molecule has 0 spiro atoms. The first-order chi connectivity index (χ1) is 14.5. The van der Waals surface area contributed by atoms with Gasteiger partial charge in [-0.05, 0) is 43.4 Å². The molecule has 1 heterocycles. The van der Waals surface area contributed by atoms with Crippen LogP contribution in [0.1, 0.15) is 42.9 Å². The lowest BCUT2D eigenvalue weighted by Gasteiger charge is -2.20. The average Bonchev–Trinajstić information content (AvgIpc) is 3.49. The third kappa shape index (κ3) is 4.60. The van der Waals surface area contributed by atoms with Gasteiger partial charge in [0.1, 0.15) is 5.82 Å². The number of nitrogens with zero attached hydrogens (tertiary/aromatic N) is 2. The topological polar surface area (TPSA) is 111 Å². The number of rotatable bonds is 9. The Morgan fingerprint density at radius 3 is 2.52 bits per heavy atom. The van der Waals surface area contributed by atoms with Crippen LogP contribution in [0.3, 0.4) is 0 Å². The second-order valence-electron chi connectivity index (χ2n) is 7.80. The van der Waals surface area contributed by atoms with E-state index in [-0.39, 0.29) is 23.2 Å². The van der Waals surface area contributed by atoms with Gasteiger partial charge in [0, 0.05) is 23.1 Å². The second-order valence-corrected chi connectivity index (χ2v) is 9.88. The molecule has 1 saturated carbocycles. The van der Waals surface area contributed by atoms with Crippen LogP contribution < -0.4 is 10.3 Å². The summed E-state index contributed by atoms with van der Waals surface area (Å²) in [5.74, 6) is -1.89. The zero-order chi connectivity index (χ0) is 23.0. The predicted octanol–water partition coefficient (Wildman–Crippen LogP) is 2.99. The first-order valence-electron chi connectivity index (χ1n) is 9.80. The molecule has 0 unspecified atom stereocenters. The van der Waals surface area contributed by atoms with E-state index < -0.39 is 50.0 Å². The maximum atomic E-state index is 15.1. The Balaban J connectivity index is 2.10. The van der Waals surface area contributed by atoms with Crippen molar-refractivity contribution in [1.29, 1.82) is 0 Å². The van der Waals surface area contributed by atoms with Crippen molar-refractivity contribution in [2.75, 3.05) is 11.3 Å². The number of aryl methyl sites for hydroxylation is 1. The minimum absolute atomic E-state index is 0.0871. The maximum absolute atomic E-state index is 15.1. The molecule has 1 aromatic carbocycles.